The Kier molecular flexibility index (Phi) is 4.44. The average Bonchev–Trinajstić information content (AvgIpc) is 2.84. The number of nitrogens with one attached hydrogen (secondary N) is 1. The zero-order valence-electron chi connectivity index (χ0n) is 11.0. The van der Waals surface area contributed by atoms with Crippen LogP contribution >= 0.6 is 0 Å². The zero-order chi connectivity index (χ0) is 12.8. The van der Waals surface area contributed by atoms with Crippen molar-refractivity contribution in [1.29, 1.82) is 0 Å². The summed E-state index contributed by atoms with van der Waals surface area (Å²) in [4.78, 5) is 4.12. The number of rotatable bonds is 7. The van der Waals surface area contributed by atoms with Gasteiger partial charge in [0.05, 0.1) is 12.4 Å². The van der Waals surface area contributed by atoms with Crippen LogP contribution < -0.4 is 5.32 Å². The van der Waals surface area contributed by atoms with Crippen LogP contribution in [0.1, 0.15) is 46.0 Å². The Morgan fingerprint density at radius 2 is 2.17 bits per heavy atom. The van der Waals surface area contributed by atoms with E-state index >= 15 is 0 Å². The smallest absolute Gasteiger partial charge is 0.199 e. The minimum absolute atomic E-state index is 0.401. The molecule has 0 spiro atoms. The van der Waals surface area contributed by atoms with E-state index in [-0.39, 0.29) is 0 Å². The highest BCUT2D eigenvalue weighted by molar-refractivity contribution is 5.44. The molecule has 0 aromatic carbocycles. The molecule has 2 aromatic heterocycles. The van der Waals surface area contributed by atoms with Gasteiger partial charge in [-0.25, -0.2) is 0 Å². The van der Waals surface area contributed by atoms with E-state index in [2.05, 4.69) is 39.7 Å². The fourth-order valence-corrected chi connectivity index (χ4v) is 1.98. The third kappa shape index (κ3) is 3.15. The van der Waals surface area contributed by atoms with Gasteiger partial charge in [0, 0.05) is 6.04 Å². The first-order chi connectivity index (χ1) is 8.81. The van der Waals surface area contributed by atoms with Crippen LogP contribution in [0.3, 0.4) is 0 Å². The maximum absolute atomic E-state index is 4.12. The largest absolute Gasteiger partial charge is 0.366 e. The van der Waals surface area contributed by atoms with Gasteiger partial charge in [-0.15, -0.1) is 5.10 Å². The van der Waals surface area contributed by atoms with E-state index in [1.165, 1.54) is 25.7 Å². The van der Waals surface area contributed by atoms with Crippen molar-refractivity contribution < 1.29 is 0 Å². The van der Waals surface area contributed by atoms with Gasteiger partial charge in [-0.05, 0) is 23.8 Å². The fraction of sp³-hybridized carbons (Fsp3) is 0.667. The van der Waals surface area contributed by atoms with E-state index in [0.29, 0.717) is 11.7 Å². The molecule has 18 heavy (non-hydrogen) atoms. The molecule has 1 N–H and O–H groups in total. The average molecular weight is 248 g/mol. The SMILES string of the molecule is CCCCCCC(C)Nc1cncc2nnnn12. The van der Waals surface area contributed by atoms with Crippen molar-refractivity contribution in [2.45, 2.75) is 52.0 Å². The number of nitrogens with zero attached hydrogens (tertiary/aromatic N) is 5. The van der Waals surface area contributed by atoms with Gasteiger partial charge in [0.25, 0.3) is 0 Å². The predicted molar refractivity (Wildman–Crippen MR) is 70.4 cm³/mol. The molecule has 0 fully saturated rings. The highest BCUT2D eigenvalue weighted by Crippen LogP contribution is 2.11. The van der Waals surface area contributed by atoms with Crippen LogP contribution in [-0.2, 0) is 0 Å². The molecule has 98 valence electrons. The minimum atomic E-state index is 0.401. The summed E-state index contributed by atoms with van der Waals surface area (Å²) >= 11 is 0. The first-order valence-corrected chi connectivity index (χ1v) is 6.60. The molecule has 2 heterocycles. The molecule has 0 radical (unpaired) electrons. The highest BCUT2D eigenvalue weighted by Gasteiger charge is 2.07. The number of hydrogen-bond acceptors (Lipinski definition) is 5. The molecule has 0 aliphatic carbocycles. The highest BCUT2D eigenvalue weighted by atomic mass is 15.5. The van der Waals surface area contributed by atoms with Crippen LogP contribution in [0.25, 0.3) is 5.65 Å². The van der Waals surface area contributed by atoms with Crippen molar-refractivity contribution in [2.24, 2.45) is 0 Å². The Hall–Kier alpha value is -1.72. The van der Waals surface area contributed by atoms with Crippen molar-refractivity contribution in [2.75, 3.05) is 5.32 Å². The predicted octanol–water partition coefficient (Wildman–Crippen LogP) is 2.29. The van der Waals surface area contributed by atoms with Crippen molar-refractivity contribution in [3.05, 3.63) is 12.4 Å². The summed E-state index contributed by atoms with van der Waals surface area (Å²) in [6.07, 6.45) is 9.70. The summed E-state index contributed by atoms with van der Waals surface area (Å²) in [5.74, 6) is 0.848. The molecule has 2 aromatic rings. The topological polar surface area (TPSA) is 68.0 Å². The lowest BCUT2D eigenvalue weighted by atomic mass is 10.1. The van der Waals surface area contributed by atoms with Gasteiger partial charge in [0.1, 0.15) is 0 Å². The molecule has 0 saturated heterocycles. The van der Waals surface area contributed by atoms with Gasteiger partial charge in [-0.3, -0.25) is 4.98 Å². The summed E-state index contributed by atoms with van der Waals surface area (Å²) in [5, 5.41) is 14.9. The van der Waals surface area contributed by atoms with Crippen LogP contribution in [-0.4, -0.2) is 31.1 Å². The molecular formula is C12H20N6. The molecule has 6 nitrogen and oxygen atoms in total. The number of tetrazole rings is 1. The van der Waals surface area contributed by atoms with Crippen LogP contribution in [0.2, 0.25) is 0 Å². The van der Waals surface area contributed by atoms with Crippen LogP contribution in [0.5, 0.6) is 0 Å². The van der Waals surface area contributed by atoms with Crippen molar-refractivity contribution in [1.82, 2.24) is 25.0 Å². The normalized spacial score (nSPS) is 12.8. The molecular weight excluding hydrogens is 228 g/mol. The van der Waals surface area contributed by atoms with Crippen molar-refractivity contribution in [3.8, 4) is 0 Å². The van der Waals surface area contributed by atoms with Gasteiger partial charge in [0.2, 0.25) is 0 Å². The third-order valence-corrected chi connectivity index (χ3v) is 2.99. The quantitative estimate of drug-likeness (QED) is 0.761. The lowest BCUT2D eigenvalue weighted by Crippen LogP contribution is -2.17. The van der Waals surface area contributed by atoms with Gasteiger partial charge < -0.3 is 5.32 Å². The third-order valence-electron chi connectivity index (χ3n) is 2.99. The van der Waals surface area contributed by atoms with Gasteiger partial charge >= 0.3 is 0 Å². The summed E-state index contributed by atoms with van der Waals surface area (Å²) in [7, 11) is 0. The first kappa shape index (κ1) is 12.7. The number of fused-ring (bicyclic) bond motifs is 1. The standard InChI is InChI=1S/C12H20N6/c1-3-4-5-6-7-10(2)14-11-8-13-9-12-15-16-17-18(11)12/h8-10,14H,3-7H2,1-2H3. The maximum Gasteiger partial charge on any atom is 0.199 e. The van der Waals surface area contributed by atoms with Crippen molar-refractivity contribution >= 4 is 11.5 Å². The lowest BCUT2D eigenvalue weighted by molar-refractivity contribution is 0.591. The number of unbranched alkanes of at least 4 members (excludes halogenated alkanes) is 3. The summed E-state index contributed by atoms with van der Waals surface area (Å²) in [5.41, 5.74) is 0.665. The molecule has 0 bridgehead atoms. The maximum atomic E-state index is 4.12. The Morgan fingerprint density at radius 1 is 1.28 bits per heavy atom. The molecule has 0 aliphatic rings. The molecule has 0 aliphatic heterocycles. The molecule has 1 atom stereocenters. The fourth-order valence-electron chi connectivity index (χ4n) is 1.98. The van der Waals surface area contributed by atoms with Crippen molar-refractivity contribution in [3.63, 3.8) is 0 Å². The van der Waals surface area contributed by atoms with E-state index in [0.717, 1.165) is 12.2 Å². The molecule has 0 saturated carbocycles. The zero-order valence-corrected chi connectivity index (χ0v) is 11.0. The number of aromatic nitrogens is 5. The van der Waals surface area contributed by atoms with Crippen LogP contribution in [0, 0.1) is 0 Å². The van der Waals surface area contributed by atoms with Crippen LogP contribution in [0.15, 0.2) is 12.4 Å². The van der Waals surface area contributed by atoms with E-state index in [1.54, 1.807) is 16.9 Å². The summed E-state index contributed by atoms with van der Waals surface area (Å²) in [6, 6.07) is 0.401. The van der Waals surface area contributed by atoms with E-state index < -0.39 is 0 Å². The minimum Gasteiger partial charge on any atom is -0.366 e. The lowest BCUT2D eigenvalue weighted by Gasteiger charge is -2.14. The van der Waals surface area contributed by atoms with E-state index in [9.17, 15) is 0 Å². The van der Waals surface area contributed by atoms with Crippen LogP contribution in [0.4, 0.5) is 5.82 Å². The Balaban J connectivity index is 1.90. The number of anilines is 1. The first-order valence-electron chi connectivity index (χ1n) is 6.60. The van der Waals surface area contributed by atoms with Gasteiger partial charge in [-0.1, -0.05) is 32.6 Å². The van der Waals surface area contributed by atoms with Gasteiger partial charge in [0.15, 0.2) is 11.5 Å². The molecule has 1 unspecified atom stereocenters. The molecule has 0 amide bonds. The Labute approximate surface area is 107 Å². The number of hydrogen-bond donors (Lipinski definition) is 1. The molecule has 2 rings (SSSR count). The van der Waals surface area contributed by atoms with E-state index in [4.69, 9.17) is 0 Å². The molecule has 6 heteroatoms. The van der Waals surface area contributed by atoms with Gasteiger partial charge in [-0.2, -0.15) is 4.52 Å². The Morgan fingerprint density at radius 3 is 3.00 bits per heavy atom. The second-order valence-corrected chi connectivity index (χ2v) is 4.64. The van der Waals surface area contributed by atoms with E-state index in [1.807, 2.05) is 0 Å². The Bertz CT molecular complexity index is 480. The second-order valence-electron chi connectivity index (χ2n) is 4.64. The second kappa shape index (κ2) is 6.28. The monoisotopic (exact) mass is 248 g/mol. The summed E-state index contributed by atoms with van der Waals surface area (Å²) in [6.45, 7) is 4.40. The summed E-state index contributed by atoms with van der Waals surface area (Å²) < 4.78 is 1.68.